The van der Waals surface area contributed by atoms with Crippen LogP contribution < -0.4 is 5.32 Å². The van der Waals surface area contributed by atoms with Crippen LogP contribution in [-0.2, 0) is 0 Å². The normalized spacial score (nSPS) is 12.7. The largest absolute Gasteiger partial charge is 0.394 e. The van der Waals surface area contributed by atoms with E-state index in [0.29, 0.717) is 6.04 Å². The van der Waals surface area contributed by atoms with Crippen molar-refractivity contribution in [1.29, 1.82) is 0 Å². The SMILES string of the molecule is Cc1ccc(NC(CO)c2cncn2C(C)C)cc1. The third kappa shape index (κ3) is 3.15. The summed E-state index contributed by atoms with van der Waals surface area (Å²) in [5, 5.41) is 13.0. The second-order valence-electron chi connectivity index (χ2n) is 5.07. The maximum Gasteiger partial charge on any atom is 0.0951 e. The van der Waals surface area contributed by atoms with Crippen molar-refractivity contribution in [1.82, 2.24) is 9.55 Å². The molecule has 4 heteroatoms. The Morgan fingerprint density at radius 2 is 1.95 bits per heavy atom. The van der Waals surface area contributed by atoms with Crippen molar-refractivity contribution in [3.63, 3.8) is 0 Å². The van der Waals surface area contributed by atoms with Gasteiger partial charge in [-0.15, -0.1) is 0 Å². The molecule has 0 aliphatic rings. The van der Waals surface area contributed by atoms with Crippen LogP contribution in [0.5, 0.6) is 0 Å². The average molecular weight is 259 g/mol. The molecule has 0 fully saturated rings. The van der Waals surface area contributed by atoms with Crippen LogP contribution in [0.3, 0.4) is 0 Å². The van der Waals surface area contributed by atoms with Gasteiger partial charge in [0.1, 0.15) is 0 Å². The topological polar surface area (TPSA) is 50.1 Å². The molecule has 1 unspecified atom stereocenters. The number of imidazole rings is 1. The van der Waals surface area contributed by atoms with Gasteiger partial charge >= 0.3 is 0 Å². The Bertz CT molecular complexity index is 516. The first-order valence-corrected chi connectivity index (χ1v) is 6.57. The van der Waals surface area contributed by atoms with Crippen LogP contribution in [0.15, 0.2) is 36.8 Å². The number of nitrogens with one attached hydrogen (secondary N) is 1. The molecule has 2 aromatic rings. The number of benzene rings is 1. The predicted molar refractivity (Wildman–Crippen MR) is 77.2 cm³/mol. The summed E-state index contributed by atoms with van der Waals surface area (Å²) in [4.78, 5) is 4.18. The Labute approximate surface area is 114 Å². The third-order valence-electron chi connectivity index (χ3n) is 3.18. The van der Waals surface area contributed by atoms with Crippen LogP contribution in [-0.4, -0.2) is 21.3 Å². The highest BCUT2D eigenvalue weighted by atomic mass is 16.3. The Hall–Kier alpha value is -1.81. The van der Waals surface area contributed by atoms with Gasteiger partial charge in [-0.3, -0.25) is 0 Å². The molecule has 0 saturated carbocycles. The second kappa shape index (κ2) is 5.89. The van der Waals surface area contributed by atoms with Crippen LogP contribution in [0.25, 0.3) is 0 Å². The fraction of sp³-hybridized carbons (Fsp3) is 0.400. The minimum Gasteiger partial charge on any atom is -0.394 e. The predicted octanol–water partition coefficient (Wildman–Crippen LogP) is 2.92. The van der Waals surface area contributed by atoms with E-state index in [1.54, 1.807) is 6.33 Å². The first-order chi connectivity index (χ1) is 9.11. The van der Waals surface area contributed by atoms with Gasteiger partial charge in [-0.05, 0) is 32.9 Å². The molecule has 1 aromatic heterocycles. The van der Waals surface area contributed by atoms with Gasteiger partial charge in [-0.2, -0.15) is 0 Å². The molecule has 0 bridgehead atoms. The maximum atomic E-state index is 9.62. The summed E-state index contributed by atoms with van der Waals surface area (Å²) in [6.07, 6.45) is 3.61. The zero-order valence-corrected chi connectivity index (χ0v) is 11.7. The molecule has 1 atom stereocenters. The van der Waals surface area contributed by atoms with E-state index < -0.39 is 0 Å². The summed E-state index contributed by atoms with van der Waals surface area (Å²) < 4.78 is 2.07. The van der Waals surface area contributed by atoms with Gasteiger partial charge in [0.25, 0.3) is 0 Å². The fourth-order valence-electron chi connectivity index (χ4n) is 2.08. The molecule has 0 amide bonds. The van der Waals surface area contributed by atoms with Gasteiger partial charge in [0.15, 0.2) is 0 Å². The molecule has 0 radical (unpaired) electrons. The molecular weight excluding hydrogens is 238 g/mol. The molecule has 1 heterocycles. The Kier molecular flexibility index (Phi) is 4.22. The molecule has 19 heavy (non-hydrogen) atoms. The van der Waals surface area contributed by atoms with Crippen LogP contribution in [0.4, 0.5) is 5.69 Å². The molecule has 102 valence electrons. The minimum atomic E-state index is -0.146. The van der Waals surface area contributed by atoms with Gasteiger partial charge < -0.3 is 15.0 Å². The lowest BCUT2D eigenvalue weighted by Crippen LogP contribution is -2.19. The first-order valence-electron chi connectivity index (χ1n) is 6.57. The summed E-state index contributed by atoms with van der Waals surface area (Å²) in [6, 6.07) is 8.33. The van der Waals surface area contributed by atoms with Gasteiger partial charge in [-0.25, -0.2) is 4.98 Å². The fourth-order valence-corrected chi connectivity index (χ4v) is 2.08. The molecule has 1 aromatic carbocycles. The number of rotatable bonds is 5. The summed E-state index contributed by atoms with van der Waals surface area (Å²) in [5.41, 5.74) is 3.22. The van der Waals surface area contributed by atoms with Crippen molar-refractivity contribution >= 4 is 5.69 Å². The minimum absolute atomic E-state index is 0.0340. The molecule has 4 nitrogen and oxygen atoms in total. The van der Waals surface area contributed by atoms with E-state index in [4.69, 9.17) is 0 Å². The highest BCUT2D eigenvalue weighted by Gasteiger charge is 2.16. The molecule has 2 rings (SSSR count). The van der Waals surface area contributed by atoms with Gasteiger partial charge in [0, 0.05) is 11.7 Å². The van der Waals surface area contributed by atoms with E-state index in [2.05, 4.69) is 47.8 Å². The van der Waals surface area contributed by atoms with E-state index in [1.807, 2.05) is 18.3 Å². The summed E-state index contributed by atoms with van der Waals surface area (Å²) >= 11 is 0. The molecule has 0 aliphatic carbocycles. The maximum absolute atomic E-state index is 9.62. The van der Waals surface area contributed by atoms with E-state index in [-0.39, 0.29) is 12.6 Å². The highest BCUT2D eigenvalue weighted by molar-refractivity contribution is 5.46. The second-order valence-corrected chi connectivity index (χ2v) is 5.07. The number of aryl methyl sites for hydroxylation is 1. The highest BCUT2D eigenvalue weighted by Crippen LogP contribution is 2.21. The van der Waals surface area contributed by atoms with E-state index in [0.717, 1.165) is 11.4 Å². The summed E-state index contributed by atoms with van der Waals surface area (Å²) in [6.45, 7) is 6.30. The number of hydrogen-bond acceptors (Lipinski definition) is 3. The standard InChI is InChI=1S/C15H21N3O/c1-11(2)18-10-16-8-15(18)14(9-19)17-13-6-4-12(3)5-7-13/h4-8,10-11,14,17,19H,9H2,1-3H3. The molecule has 0 spiro atoms. The lowest BCUT2D eigenvalue weighted by Gasteiger charge is -2.21. The van der Waals surface area contributed by atoms with Crippen molar-refractivity contribution in [3.8, 4) is 0 Å². The number of aliphatic hydroxyl groups excluding tert-OH is 1. The molecule has 0 aliphatic heterocycles. The third-order valence-corrected chi connectivity index (χ3v) is 3.18. The Morgan fingerprint density at radius 3 is 2.53 bits per heavy atom. The average Bonchev–Trinajstić information content (AvgIpc) is 2.87. The van der Waals surface area contributed by atoms with Crippen LogP contribution in [0.2, 0.25) is 0 Å². The van der Waals surface area contributed by atoms with Crippen molar-refractivity contribution in [2.24, 2.45) is 0 Å². The number of aromatic nitrogens is 2. The zero-order chi connectivity index (χ0) is 13.8. The molecule has 0 saturated heterocycles. The number of anilines is 1. The van der Waals surface area contributed by atoms with E-state index in [1.165, 1.54) is 5.56 Å². The van der Waals surface area contributed by atoms with Crippen LogP contribution in [0, 0.1) is 6.92 Å². The van der Waals surface area contributed by atoms with E-state index in [9.17, 15) is 5.11 Å². The number of aliphatic hydroxyl groups is 1. The summed E-state index contributed by atoms with van der Waals surface area (Å²) in [7, 11) is 0. The van der Waals surface area contributed by atoms with Crippen LogP contribution in [0.1, 0.15) is 37.2 Å². The smallest absolute Gasteiger partial charge is 0.0951 e. The van der Waals surface area contributed by atoms with Crippen LogP contribution >= 0.6 is 0 Å². The number of nitrogens with zero attached hydrogens (tertiary/aromatic N) is 2. The zero-order valence-electron chi connectivity index (χ0n) is 11.7. The van der Waals surface area contributed by atoms with Gasteiger partial charge in [0.05, 0.1) is 30.9 Å². The summed E-state index contributed by atoms with van der Waals surface area (Å²) in [5.74, 6) is 0. The van der Waals surface area contributed by atoms with Gasteiger partial charge in [0.2, 0.25) is 0 Å². The number of hydrogen-bond donors (Lipinski definition) is 2. The molecule has 2 N–H and O–H groups in total. The Morgan fingerprint density at radius 1 is 1.26 bits per heavy atom. The van der Waals surface area contributed by atoms with Crippen molar-refractivity contribution in [2.45, 2.75) is 32.9 Å². The lowest BCUT2D eigenvalue weighted by atomic mass is 10.1. The van der Waals surface area contributed by atoms with Gasteiger partial charge in [-0.1, -0.05) is 17.7 Å². The molecular formula is C15H21N3O. The van der Waals surface area contributed by atoms with Crippen molar-refractivity contribution in [2.75, 3.05) is 11.9 Å². The van der Waals surface area contributed by atoms with Crippen molar-refractivity contribution < 1.29 is 5.11 Å². The van der Waals surface area contributed by atoms with E-state index >= 15 is 0 Å². The Balaban J connectivity index is 2.20. The first kappa shape index (κ1) is 13.6. The monoisotopic (exact) mass is 259 g/mol. The quantitative estimate of drug-likeness (QED) is 0.868. The lowest BCUT2D eigenvalue weighted by molar-refractivity contribution is 0.271. The van der Waals surface area contributed by atoms with Crippen molar-refractivity contribution in [3.05, 3.63) is 48.0 Å².